The second kappa shape index (κ2) is 6.02. The van der Waals surface area contributed by atoms with Crippen molar-refractivity contribution in [1.29, 1.82) is 0 Å². The third-order valence-electron chi connectivity index (χ3n) is 2.77. The highest BCUT2D eigenvalue weighted by molar-refractivity contribution is 5.20. The zero-order chi connectivity index (χ0) is 12.1. The van der Waals surface area contributed by atoms with E-state index in [1.807, 2.05) is 0 Å². The maximum atomic E-state index is 3.58. The Morgan fingerprint density at radius 3 is 2.00 bits per heavy atom. The van der Waals surface area contributed by atoms with Gasteiger partial charge in [0.15, 0.2) is 0 Å². The normalized spacial score (nSPS) is 15.4. The summed E-state index contributed by atoms with van der Waals surface area (Å²) >= 11 is 0. The highest BCUT2D eigenvalue weighted by atomic mass is 15.1. The molecular formula is C14H24N2. The average molecular weight is 220 g/mol. The van der Waals surface area contributed by atoms with E-state index < -0.39 is 0 Å². The van der Waals surface area contributed by atoms with Crippen LogP contribution in [0.1, 0.15) is 32.4 Å². The van der Waals surface area contributed by atoms with Gasteiger partial charge < -0.3 is 10.2 Å². The lowest BCUT2D eigenvalue weighted by Crippen LogP contribution is -2.42. The lowest BCUT2D eigenvalue weighted by atomic mass is 9.99. The van der Waals surface area contributed by atoms with Gasteiger partial charge in [0, 0.05) is 18.1 Å². The fraction of sp³-hybridized carbons (Fsp3) is 0.571. The van der Waals surface area contributed by atoms with Crippen LogP contribution in [0.5, 0.6) is 0 Å². The van der Waals surface area contributed by atoms with Gasteiger partial charge >= 0.3 is 0 Å². The summed E-state index contributed by atoms with van der Waals surface area (Å²) < 4.78 is 0. The Morgan fingerprint density at radius 1 is 1.00 bits per heavy atom. The first-order valence-corrected chi connectivity index (χ1v) is 5.99. The van der Waals surface area contributed by atoms with Crippen molar-refractivity contribution < 1.29 is 0 Å². The maximum Gasteiger partial charge on any atom is 0.0493 e. The summed E-state index contributed by atoms with van der Waals surface area (Å²) in [6.45, 7) is 6.63. The van der Waals surface area contributed by atoms with E-state index >= 15 is 0 Å². The van der Waals surface area contributed by atoms with Gasteiger partial charge in [0.2, 0.25) is 0 Å². The van der Waals surface area contributed by atoms with Crippen LogP contribution in [0.25, 0.3) is 0 Å². The second-order valence-corrected chi connectivity index (χ2v) is 4.93. The van der Waals surface area contributed by atoms with Crippen LogP contribution >= 0.6 is 0 Å². The fourth-order valence-corrected chi connectivity index (χ4v) is 2.30. The molecule has 90 valence electrons. The molecule has 2 nitrogen and oxygen atoms in total. The van der Waals surface area contributed by atoms with Gasteiger partial charge in [-0.3, -0.25) is 0 Å². The first-order valence-electron chi connectivity index (χ1n) is 5.99. The molecule has 16 heavy (non-hydrogen) atoms. The predicted octanol–water partition coefficient (Wildman–Crippen LogP) is 2.68. The minimum absolute atomic E-state index is 0.420. The number of benzene rings is 1. The van der Waals surface area contributed by atoms with Crippen molar-refractivity contribution in [2.45, 2.75) is 38.9 Å². The summed E-state index contributed by atoms with van der Waals surface area (Å²) in [7, 11) is 4.27. The number of hydrogen-bond acceptors (Lipinski definition) is 2. The van der Waals surface area contributed by atoms with Crippen molar-refractivity contribution >= 4 is 0 Å². The standard InChI is InChI=1S/C14H24N2/c1-11(2)15-12(3)14(16(4)5)13-9-7-6-8-10-13/h6-12,14-15H,1-5H3/t12-,14+/m0/s1. The Morgan fingerprint density at radius 2 is 1.56 bits per heavy atom. The van der Waals surface area contributed by atoms with Crippen molar-refractivity contribution in [2.75, 3.05) is 14.1 Å². The van der Waals surface area contributed by atoms with E-state index in [0.29, 0.717) is 18.1 Å². The molecule has 0 amide bonds. The largest absolute Gasteiger partial charge is 0.310 e. The average Bonchev–Trinajstić information content (AvgIpc) is 2.17. The third kappa shape index (κ3) is 3.62. The van der Waals surface area contributed by atoms with Crippen molar-refractivity contribution in [2.24, 2.45) is 0 Å². The molecule has 0 saturated carbocycles. The number of nitrogens with one attached hydrogen (secondary N) is 1. The second-order valence-electron chi connectivity index (χ2n) is 4.93. The number of likely N-dealkylation sites (N-methyl/N-ethyl adjacent to an activating group) is 1. The van der Waals surface area contributed by atoms with Crippen LogP contribution in [0.2, 0.25) is 0 Å². The monoisotopic (exact) mass is 220 g/mol. The van der Waals surface area contributed by atoms with Gasteiger partial charge in [0.1, 0.15) is 0 Å². The molecule has 0 radical (unpaired) electrons. The van der Waals surface area contributed by atoms with E-state index in [9.17, 15) is 0 Å². The Bertz CT molecular complexity index is 293. The Balaban J connectivity index is 2.83. The molecule has 1 N–H and O–H groups in total. The summed E-state index contributed by atoms with van der Waals surface area (Å²) in [5.41, 5.74) is 1.37. The van der Waals surface area contributed by atoms with E-state index in [4.69, 9.17) is 0 Å². The summed E-state index contributed by atoms with van der Waals surface area (Å²) in [5, 5.41) is 3.58. The van der Waals surface area contributed by atoms with E-state index in [1.165, 1.54) is 5.56 Å². The number of rotatable bonds is 5. The summed E-state index contributed by atoms with van der Waals surface area (Å²) in [6, 6.07) is 12.0. The van der Waals surface area contributed by atoms with E-state index in [1.54, 1.807) is 0 Å². The predicted molar refractivity (Wildman–Crippen MR) is 70.6 cm³/mol. The number of nitrogens with zero attached hydrogens (tertiary/aromatic N) is 1. The van der Waals surface area contributed by atoms with Gasteiger partial charge in [-0.1, -0.05) is 44.2 Å². The molecule has 0 saturated heterocycles. The van der Waals surface area contributed by atoms with Gasteiger partial charge in [-0.25, -0.2) is 0 Å². The molecule has 0 aromatic heterocycles. The molecule has 0 aliphatic heterocycles. The van der Waals surface area contributed by atoms with Gasteiger partial charge in [-0.2, -0.15) is 0 Å². The zero-order valence-electron chi connectivity index (χ0n) is 11.1. The highest BCUT2D eigenvalue weighted by Gasteiger charge is 2.21. The smallest absolute Gasteiger partial charge is 0.0493 e. The summed E-state index contributed by atoms with van der Waals surface area (Å²) in [6.07, 6.45) is 0. The Hall–Kier alpha value is -0.860. The van der Waals surface area contributed by atoms with Crippen LogP contribution in [0, 0.1) is 0 Å². The molecule has 0 unspecified atom stereocenters. The Labute approximate surface area is 99.7 Å². The topological polar surface area (TPSA) is 15.3 Å². The summed E-state index contributed by atoms with van der Waals surface area (Å²) in [5.74, 6) is 0. The molecule has 0 aliphatic rings. The van der Waals surface area contributed by atoms with Crippen LogP contribution in [0.4, 0.5) is 0 Å². The fourth-order valence-electron chi connectivity index (χ4n) is 2.30. The Kier molecular flexibility index (Phi) is 4.97. The van der Waals surface area contributed by atoms with Crippen molar-refractivity contribution in [1.82, 2.24) is 10.2 Å². The van der Waals surface area contributed by atoms with Crippen LogP contribution in [0.3, 0.4) is 0 Å². The molecule has 2 heteroatoms. The van der Waals surface area contributed by atoms with E-state index in [0.717, 1.165) is 0 Å². The lowest BCUT2D eigenvalue weighted by Gasteiger charge is -2.32. The van der Waals surface area contributed by atoms with Crippen LogP contribution in [0.15, 0.2) is 30.3 Å². The molecule has 2 atom stereocenters. The van der Waals surface area contributed by atoms with Crippen molar-refractivity contribution in [3.8, 4) is 0 Å². The van der Waals surface area contributed by atoms with Crippen molar-refractivity contribution in [3.63, 3.8) is 0 Å². The first kappa shape index (κ1) is 13.2. The SMILES string of the molecule is CC(C)N[C@@H](C)[C@H](c1ccccc1)N(C)C. The van der Waals surface area contributed by atoms with Crippen LogP contribution in [-0.2, 0) is 0 Å². The maximum absolute atomic E-state index is 3.58. The molecule has 1 aromatic carbocycles. The van der Waals surface area contributed by atoms with E-state index in [-0.39, 0.29) is 0 Å². The van der Waals surface area contributed by atoms with Crippen molar-refractivity contribution in [3.05, 3.63) is 35.9 Å². The molecule has 0 bridgehead atoms. The highest BCUT2D eigenvalue weighted by Crippen LogP contribution is 2.21. The minimum atomic E-state index is 0.420. The van der Waals surface area contributed by atoms with Gasteiger partial charge in [-0.05, 0) is 26.6 Å². The van der Waals surface area contributed by atoms with Crippen LogP contribution in [-0.4, -0.2) is 31.1 Å². The lowest BCUT2D eigenvalue weighted by molar-refractivity contribution is 0.233. The molecule has 0 fully saturated rings. The molecule has 0 spiro atoms. The minimum Gasteiger partial charge on any atom is -0.310 e. The first-order chi connectivity index (χ1) is 7.52. The van der Waals surface area contributed by atoms with Gasteiger partial charge in [0.05, 0.1) is 0 Å². The van der Waals surface area contributed by atoms with Gasteiger partial charge in [-0.15, -0.1) is 0 Å². The van der Waals surface area contributed by atoms with E-state index in [2.05, 4.69) is 75.4 Å². The van der Waals surface area contributed by atoms with Gasteiger partial charge in [0.25, 0.3) is 0 Å². The zero-order valence-corrected chi connectivity index (χ0v) is 11.1. The molecule has 0 aliphatic carbocycles. The third-order valence-corrected chi connectivity index (χ3v) is 2.77. The molecule has 1 rings (SSSR count). The summed E-state index contributed by atoms with van der Waals surface area (Å²) in [4.78, 5) is 2.27. The quantitative estimate of drug-likeness (QED) is 0.820. The number of hydrogen-bond donors (Lipinski definition) is 1. The van der Waals surface area contributed by atoms with Crippen LogP contribution < -0.4 is 5.32 Å². The molecule has 1 aromatic rings. The molecular weight excluding hydrogens is 196 g/mol. The molecule has 0 heterocycles.